The Labute approximate surface area is 118 Å². The van der Waals surface area contributed by atoms with Gasteiger partial charge >= 0.3 is 0 Å². The fourth-order valence-corrected chi connectivity index (χ4v) is 2.49. The number of hydrogen-bond acceptors (Lipinski definition) is 3. The van der Waals surface area contributed by atoms with Gasteiger partial charge in [0.2, 0.25) is 0 Å². The van der Waals surface area contributed by atoms with Crippen molar-refractivity contribution in [2.45, 2.75) is 20.0 Å². The van der Waals surface area contributed by atoms with Gasteiger partial charge in [-0.15, -0.1) is 0 Å². The highest BCUT2D eigenvalue weighted by atomic mass is 15.3. The molecule has 3 aromatic rings. The first kappa shape index (κ1) is 12.9. The molecule has 0 bridgehead atoms. The molecule has 0 aliphatic heterocycles. The smallest absolute Gasteiger partial charge is 0.137 e. The van der Waals surface area contributed by atoms with Crippen molar-refractivity contribution < 1.29 is 0 Å². The normalized spacial score (nSPS) is 11.6. The largest absolute Gasteiger partial charge is 0.307 e. The third-order valence-electron chi connectivity index (χ3n) is 3.40. The van der Waals surface area contributed by atoms with Gasteiger partial charge < -0.3 is 4.40 Å². The summed E-state index contributed by atoms with van der Waals surface area (Å²) in [5.74, 6) is 0. The van der Waals surface area contributed by atoms with Crippen LogP contribution in [-0.4, -0.2) is 31.1 Å². The van der Waals surface area contributed by atoms with Crippen LogP contribution in [0, 0.1) is 6.92 Å². The van der Waals surface area contributed by atoms with Crippen LogP contribution in [0.1, 0.15) is 17.0 Å². The van der Waals surface area contributed by atoms with E-state index < -0.39 is 0 Å². The third kappa shape index (κ3) is 2.58. The lowest BCUT2D eigenvalue weighted by Crippen LogP contribution is -2.17. The molecule has 0 fully saturated rings. The summed E-state index contributed by atoms with van der Waals surface area (Å²) in [6.45, 7) is 3.76. The maximum Gasteiger partial charge on any atom is 0.137 e. The topological polar surface area (TPSA) is 38.4 Å². The summed E-state index contributed by atoms with van der Waals surface area (Å²) in [7, 11) is 4.06. The zero-order chi connectivity index (χ0) is 14.1. The minimum atomic E-state index is 0.829. The molecule has 0 spiro atoms. The lowest BCUT2D eigenvalue weighted by molar-refractivity contribution is 0.315. The molecule has 0 aliphatic carbocycles. The Morgan fingerprint density at radius 1 is 1.20 bits per heavy atom. The number of fused-ring (bicyclic) bond motifs is 1. The number of pyridine rings is 1. The zero-order valence-corrected chi connectivity index (χ0v) is 12.1. The van der Waals surface area contributed by atoms with E-state index in [1.807, 2.05) is 43.0 Å². The van der Waals surface area contributed by atoms with Gasteiger partial charge in [0.1, 0.15) is 5.65 Å². The van der Waals surface area contributed by atoms with E-state index in [2.05, 4.69) is 38.8 Å². The molecule has 0 aromatic carbocycles. The fourth-order valence-electron chi connectivity index (χ4n) is 2.49. The van der Waals surface area contributed by atoms with Crippen molar-refractivity contribution in [3.05, 3.63) is 53.7 Å². The van der Waals surface area contributed by atoms with Crippen LogP contribution in [0.25, 0.3) is 5.65 Å². The summed E-state index contributed by atoms with van der Waals surface area (Å²) in [6.07, 6.45) is 6.19. The lowest BCUT2D eigenvalue weighted by Gasteiger charge is -2.14. The van der Waals surface area contributed by atoms with Crippen LogP contribution in [-0.2, 0) is 20.1 Å². The van der Waals surface area contributed by atoms with E-state index in [1.165, 1.54) is 5.56 Å². The van der Waals surface area contributed by atoms with Crippen molar-refractivity contribution in [2.24, 2.45) is 7.05 Å². The molecule has 0 saturated heterocycles. The molecule has 3 rings (SSSR count). The first-order chi connectivity index (χ1) is 9.61. The Kier molecular flexibility index (Phi) is 3.28. The summed E-state index contributed by atoms with van der Waals surface area (Å²) < 4.78 is 3.92. The molecule has 5 nitrogen and oxygen atoms in total. The van der Waals surface area contributed by atoms with Crippen LogP contribution in [0.5, 0.6) is 0 Å². The van der Waals surface area contributed by atoms with Crippen molar-refractivity contribution in [1.29, 1.82) is 0 Å². The SMILES string of the molecule is Cc1nn(C)cc1CN(C)Cc1cn2ccccc2n1. The Balaban J connectivity index is 1.72. The standard InChI is InChI=1S/C15H19N5/c1-12-13(9-19(3)17-12)8-18(2)10-14-11-20-7-5-4-6-15(20)16-14/h4-7,9,11H,8,10H2,1-3H3. The Morgan fingerprint density at radius 3 is 2.75 bits per heavy atom. The average molecular weight is 269 g/mol. The summed E-state index contributed by atoms with van der Waals surface area (Å²) in [5.41, 5.74) is 4.43. The van der Waals surface area contributed by atoms with Crippen molar-refractivity contribution in [2.75, 3.05) is 7.05 Å². The summed E-state index contributed by atoms with van der Waals surface area (Å²) in [5, 5.41) is 4.38. The minimum Gasteiger partial charge on any atom is -0.307 e. The van der Waals surface area contributed by atoms with E-state index in [0.717, 1.165) is 30.1 Å². The fraction of sp³-hybridized carbons (Fsp3) is 0.333. The van der Waals surface area contributed by atoms with Crippen LogP contribution in [0.3, 0.4) is 0 Å². The molecule has 3 aromatic heterocycles. The van der Waals surface area contributed by atoms with E-state index >= 15 is 0 Å². The minimum absolute atomic E-state index is 0.829. The molecule has 104 valence electrons. The number of aryl methyl sites for hydroxylation is 2. The maximum atomic E-state index is 4.62. The molecule has 0 radical (unpaired) electrons. The van der Waals surface area contributed by atoms with Crippen molar-refractivity contribution in [3.63, 3.8) is 0 Å². The van der Waals surface area contributed by atoms with Gasteiger partial charge in [-0.2, -0.15) is 5.10 Å². The second-order valence-corrected chi connectivity index (χ2v) is 5.28. The van der Waals surface area contributed by atoms with Crippen molar-refractivity contribution >= 4 is 5.65 Å². The molecular formula is C15H19N5. The molecule has 20 heavy (non-hydrogen) atoms. The van der Waals surface area contributed by atoms with Crippen molar-refractivity contribution in [3.8, 4) is 0 Å². The molecule has 0 atom stereocenters. The van der Waals surface area contributed by atoms with Gasteiger partial charge in [-0.25, -0.2) is 4.98 Å². The second-order valence-electron chi connectivity index (χ2n) is 5.28. The molecular weight excluding hydrogens is 250 g/mol. The third-order valence-corrected chi connectivity index (χ3v) is 3.40. The van der Waals surface area contributed by atoms with E-state index in [1.54, 1.807) is 0 Å². The van der Waals surface area contributed by atoms with Crippen LogP contribution < -0.4 is 0 Å². The van der Waals surface area contributed by atoms with Gasteiger partial charge in [0.25, 0.3) is 0 Å². The van der Waals surface area contributed by atoms with Crippen LogP contribution in [0.4, 0.5) is 0 Å². The van der Waals surface area contributed by atoms with E-state index in [-0.39, 0.29) is 0 Å². The Morgan fingerprint density at radius 2 is 2.05 bits per heavy atom. The van der Waals surface area contributed by atoms with Crippen LogP contribution in [0.2, 0.25) is 0 Å². The van der Waals surface area contributed by atoms with E-state index in [0.29, 0.717) is 0 Å². The number of nitrogens with zero attached hydrogens (tertiary/aromatic N) is 5. The quantitative estimate of drug-likeness (QED) is 0.727. The summed E-state index contributed by atoms with van der Waals surface area (Å²) in [6, 6.07) is 6.05. The van der Waals surface area contributed by atoms with Gasteiger partial charge in [0.15, 0.2) is 0 Å². The molecule has 0 amide bonds. The Hall–Kier alpha value is -2.14. The van der Waals surface area contributed by atoms with E-state index in [9.17, 15) is 0 Å². The van der Waals surface area contributed by atoms with Gasteiger partial charge in [-0.1, -0.05) is 6.07 Å². The van der Waals surface area contributed by atoms with Crippen LogP contribution >= 0.6 is 0 Å². The molecule has 0 saturated carbocycles. The molecule has 0 unspecified atom stereocenters. The number of rotatable bonds is 4. The zero-order valence-electron chi connectivity index (χ0n) is 12.1. The monoisotopic (exact) mass is 269 g/mol. The molecule has 5 heteroatoms. The summed E-state index contributed by atoms with van der Waals surface area (Å²) in [4.78, 5) is 6.88. The molecule has 3 heterocycles. The number of hydrogen-bond donors (Lipinski definition) is 0. The van der Waals surface area contributed by atoms with Gasteiger partial charge in [0, 0.05) is 44.3 Å². The van der Waals surface area contributed by atoms with Crippen molar-refractivity contribution in [1.82, 2.24) is 24.1 Å². The highest BCUT2D eigenvalue weighted by Gasteiger charge is 2.09. The second kappa shape index (κ2) is 5.09. The first-order valence-electron chi connectivity index (χ1n) is 6.72. The van der Waals surface area contributed by atoms with Gasteiger partial charge in [-0.3, -0.25) is 9.58 Å². The maximum absolute atomic E-state index is 4.62. The predicted octanol–water partition coefficient (Wildman–Crippen LogP) is 2.01. The van der Waals surface area contributed by atoms with E-state index in [4.69, 9.17) is 0 Å². The highest BCUT2D eigenvalue weighted by Crippen LogP contribution is 2.11. The van der Waals surface area contributed by atoms with Crippen LogP contribution in [0.15, 0.2) is 36.8 Å². The van der Waals surface area contributed by atoms with Gasteiger partial charge in [0.05, 0.1) is 11.4 Å². The van der Waals surface area contributed by atoms with Gasteiger partial charge in [-0.05, 0) is 26.1 Å². The lowest BCUT2D eigenvalue weighted by atomic mass is 10.2. The number of imidazole rings is 1. The number of aromatic nitrogens is 4. The summed E-state index contributed by atoms with van der Waals surface area (Å²) >= 11 is 0. The average Bonchev–Trinajstić information content (AvgIpc) is 2.92. The predicted molar refractivity (Wildman–Crippen MR) is 78.3 cm³/mol. The molecule has 0 aliphatic rings. The highest BCUT2D eigenvalue weighted by molar-refractivity contribution is 5.39. The Bertz CT molecular complexity index is 692. The first-order valence-corrected chi connectivity index (χ1v) is 6.72. The molecule has 0 N–H and O–H groups in total.